The zero-order chi connectivity index (χ0) is 15.5. The van der Waals surface area contributed by atoms with Crippen molar-refractivity contribution in [3.05, 3.63) is 29.8 Å². The SMILES string of the molecule is C[C@H]1Cc2ccccc2N1CC(=O)NC(=O)NC1CCCC1. The molecule has 2 aliphatic rings. The number of fused-ring (bicyclic) bond motifs is 1. The minimum absolute atomic E-state index is 0.219. The standard InChI is InChI=1S/C17H23N3O2/c1-12-10-13-6-2-5-9-15(13)20(12)11-16(21)19-17(22)18-14-7-3-4-8-14/h2,5-6,9,12,14H,3-4,7-8,10-11H2,1H3,(H2,18,19,21,22)/t12-/m0/s1. The van der Waals surface area contributed by atoms with Gasteiger partial charge in [0, 0.05) is 17.8 Å². The van der Waals surface area contributed by atoms with Crippen LogP contribution < -0.4 is 15.5 Å². The molecule has 0 unspecified atom stereocenters. The molecule has 0 bridgehead atoms. The lowest BCUT2D eigenvalue weighted by Gasteiger charge is -2.24. The fourth-order valence-corrected chi connectivity index (χ4v) is 3.48. The summed E-state index contributed by atoms with van der Waals surface area (Å²) in [6.07, 6.45) is 5.27. The van der Waals surface area contributed by atoms with E-state index in [4.69, 9.17) is 0 Å². The van der Waals surface area contributed by atoms with Crippen molar-refractivity contribution in [2.45, 2.75) is 51.1 Å². The van der Waals surface area contributed by atoms with Crippen molar-refractivity contribution < 1.29 is 9.59 Å². The second-order valence-electron chi connectivity index (χ2n) is 6.31. The number of benzene rings is 1. The molecule has 2 N–H and O–H groups in total. The van der Waals surface area contributed by atoms with E-state index < -0.39 is 0 Å². The average molecular weight is 301 g/mol. The van der Waals surface area contributed by atoms with Gasteiger partial charge in [0.2, 0.25) is 5.91 Å². The van der Waals surface area contributed by atoms with Crippen LogP contribution in [0.15, 0.2) is 24.3 Å². The van der Waals surface area contributed by atoms with Crippen LogP contribution in [-0.4, -0.2) is 30.6 Å². The van der Waals surface area contributed by atoms with Crippen LogP contribution >= 0.6 is 0 Å². The van der Waals surface area contributed by atoms with Crippen molar-refractivity contribution in [3.63, 3.8) is 0 Å². The van der Waals surface area contributed by atoms with Crippen molar-refractivity contribution in [2.75, 3.05) is 11.4 Å². The second-order valence-corrected chi connectivity index (χ2v) is 6.31. The number of imide groups is 1. The van der Waals surface area contributed by atoms with E-state index in [-0.39, 0.29) is 30.6 Å². The number of hydrogen-bond donors (Lipinski definition) is 2. The third-order valence-corrected chi connectivity index (χ3v) is 4.61. The van der Waals surface area contributed by atoms with E-state index in [0.717, 1.165) is 37.8 Å². The van der Waals surface area contributed by atoms with Crippen molar-refractivity contribution in [3.8, 4) is 0 Å². The third-order valence-electron chi connectivity index (χ3n) is 4.61. The van der Waals surface area contributed by atoms with Gasteiger partial charge < -0.3 is 10.2 Å². The van der Waals surface area contributed by atoms with Gasteiger partial charge in [0.25, 0.3) is 0 Å². The number of nitrogens with one attached hydrogen (secondary N) is 2. The highest BCUT2D eigenvalue weighted by molar-refractivity contribution is 5.96. The zero-order valence-corrected chi connectivity index (χ0v) is 13.0. The maximum Gasteiger partial charge on any atom is 0.321 e. The molecular formula is C17H23N3O2. The Bertz CT molecular complexity index is 567. The predicted molar refractivity (Wildman–Crippen MR) is 85.9 cm³/mol. The van der Waals surface area contributed by atoms with E-state index in [9.17, 15) is 9.59 Å². The predicted octanol–water partition coefficient (Wildman–Crippen LogP) is 2.21. The van der Waals surface area contributed by atoms with E-state index in [1.807, 2.05) is 18.2 Å². The number of anilines is 1. The molecule has 1 fully saturated rings. The molecule has 0 aromatic heterocycles. The van der Waals surface area contributed by atoms with Crippen LogP contribution in [0.3, 0.4) is 0 Å². The summed E-state index contributed by atoms with van der Waals surface area (Å²) < 4.78 is 0. The number of urea groups is 1. The molecule has 1 aliphatic heterocycles. The molecule has 1 aromatic carbocycles. The van der Waals surface area contributed by atoms with Crippen LogP contribution in [0.25, 0.3) is 0 Å². The van der Waals surface area contributed by atoms with Gasteiger partial charge in [-0.3, -0.25) is 10.1 Å². The van der Waals surface area contributed by atoms with Crippen molar-refractivity contribution in [1.82, 2.24) is 10.6 Å². The topological polar surface area (TPSA) is 61.4 Å². The molecule has 118 valence electrons. The molecule has 1 aromatic rings. The van der Waals surface area contributed by atoms with Crippen LogP contribution in [0.4, 0.5) is 10.5 Å². The summed E-state index contributed by atoms with van der Waals surface area (Å²) >= 11 is 0. The molecule has 0 spiro atoms. The molecule has 0 saturated heterocycles. The number of carbonyl (C=O) groups is 2. The van der Waals surface area contributed by atoms with Gasteiger partial charge in [0.1, 0.15) is 0 Å². The normalized spacial score (nSPS) is 20.8. The lowest BCUT2D eigenvalue weighted by molar-refractivity contribution is -0.118. The molecule has 22 heavy (non-hydrogen) atoms. The smallest absolute Gasteiger partial charge is 0.321 e. The molecule has 5 nitrogen and oxygen atoms in total. The Hall–Kier alpha value is -2.04. The van der Waals surface area contributed by atoms with Crippen LogP contribution in [0.1, 0.15) is 38.2 Å². The van der Waals surface area contributed by atoms with E-state index in [2.05, 4.69) is 28.5 Å². The highest BCUT2D eigenvalue weighted by Gasteiger charge is 2.27. The monoisotopic (exact) mass is 301 g/mol. The number of rotatable bonds is 3. The summed E-state index contributed by atoms with van der Waals surface area (Å²) in [7, 11) is 0. The molecule has 1 saturated carbocycles. The maximum absolute atomic E-state index is 12.1. The molecular weight excluding hydrogens is 278 g/mol. The summed E-state index contributed by atoms with van der Waals surface area (Å²) in [6.45, 7) is 2.32. The van der Waals surface area contributed by atoms with Crippen LogP contribution in [0, 0.1) is 0 Å². The minimum Gasteiger partial charge on any atom is -0.359 e. The van der Waals surface area contributed by atoms with Gasteiger partial charge in [0.05, 0.1) is 6.54 Å². The summed E-state index contributed by atoms with van der Waals surface area (Å²) in [5.41, 5.74) is 2.36. The molecule has 1 heterocycles. The highest BCUT2D eigenvalue weighted by atomic mass is 16.2. The Kier molecular flexibility index (Phi) is 4.32. The first-order valence-electron chi connectivity index (χ1n) is 8.08. The second kappa shape index (κ2) is 6.38. The summed E-state index contributed by atoms with van der Waals surface area (Å²) in [5.74, 6) is -0.251. The lowest BCUT2D eigenvalue weighted by Crippen LogP contribution is -2.47. The van der Waals surface area contributed by atoms with E-state index >= 15 is 0 Å². The molecule has 5 heteroatoms. The van der Waals surface area contributed by atoms with Crippen molar-refractivity contribution >= 4 is 17.6 Å². The van der Waals surface area contributed by atoms with Crippen molar-refractivity contribution in [2.24, 2.45) is 0 Å². The first kappa shape index (κ1) is 14.9. The maximum atomic E-state index is 12.1. The van der Waals surface area contributed by atoms with Crippen molar-refractivity contribution in [1.29, 1.82) is 0 Å². The minimum atomic E-state index is -0.364. The van der Waals surface area contributed by atoms with Gasteiger partial charge >= 0.3 is 6.03 Å². The summed E-state index contributed by atoms with van der Waals surface area (Å²) in [4.78, 5) is 26.0. The number of para-hydroxylation sites is 1. The first-order valence-corrected chi connectivity index (χ1v) is 8.08. The Labute approximate surface area is 131 Å². The molecule has 1 aliphatic carbocycles. The van der Waals surface area contributed by atoms with Crippen LogP contribution in [0.2, 0.25) is 0 Å². The van der Waals surface area contributed by atoms with Crippen LogP contribution in [0.5, 0.6) is 0 Å². The quantitative estimate of drug-likeness (QED) is 0.900. The van der Waals surface area contributed by atoms with Gasteiger partial charge in [-0.15, -0.1) is 0 Å². The van der Waals surface area contributed by atoms with Gasteiger partial charge in [-0.2, -0.15) is 0 Å². The van der Waals surface area contributed by atoms with Gasteiger partial charge in [0.15, 0.2) is 0 Å². The molecule has 3 rings (SSSR count). The van der Waals surface area contributed by atoms with E-state index in [1.165, 1.54) is 5.56 Å². The number of carbonyl (C=O) groups excluding carboxylic acids is 2. The van der Waals surface area contributed by atoms with E-state index in [0.29, 0.717) is 0 Å². The Morgan fingerprint density at radius 3 is 2.73 bits per heavy atom. The Balaban J connectivity index is 1.54. The fraction of sp³-hybridized carbons (Fsp3) is 0.529. The largest absolute Gasteiger partial charge is 0.359 e. The van der Waals surface area contributed by atoms with Crippen LogP contribution in [-0.2, 0) is 11.2 Å². The third kappa shape index (κ3) is 3.24. The van der Waals surface area contributed by atoms with Gasteiger partial charge in [-0.25, -0.2) is 4.79 Å². The average Bonchev–Trinajstić information content (AvgIpc) is 3.08. The zero-order valence-electron chi connectivity index (χ0n) is 13.0. The molecule has 0 radical (unpaired) electrons. The number of amides is 3. The number of nitrogens with zero attached hydrogens (tertiary/aromatic N) is 1. The first-order chi connectivity index (χ1) is 10.6. The Morgan fingerprint density at radius 2 is 1.95 bits per heavy atom. The van der Waals surface area contributed by atoms with E-state index in [1.54, 1.807) is 0 Å². The molecule has 3 amide bonds. The summed E-state index contributed by atoms with van der Waals surface area (Å²) in [6, 6.07) is 8.26. The van der Waals surface area contributed by atoms with Gasteiger partial charge in [-0.1, -0.05) is 31.0 Å². The fourth-order valence-electron chi connectivity index (χ4n) is 3.48. The highest BCUT2D eigenvalue weighted by Crippen LogP contribution is 2.31. The lowest BCUT2D eigenvalue weighted by atomic mass is 10.1. The molecule has 1 atom stereocenters. The summed E-state index contributed by atoms with van der Waals surface area (Å²) in [5, 5.41) is 5.33. The Morgan fingerprint density at radius 1 is 1.23 bits per heavy atom. The van der Waals surface area contributed by atoms with Gasteiger partial charge in [-0.05, 0) is 37.8 Å². The number of hydrogen-bond acceptors (Lipinski definition) is 3.